The van der Waals surface area contributed by atoms with Crippen LogP contribution in [0.5, 0.6) is 0 Å². The molecule has 4 heteroatoms. The molecule has 0 aliphatic carbocycles. The van der Waals surface area contributed by atoms with E-state index >= 15 is 0 Å². The highest BCUT2D eigenvalue weighted by molar-refractivity contribution is 5.76. The van der Waals surface area contributed by atoms with E-state index in [0.29, 0.717) is 5.56 Å². The Morgan fingerprint density at radius 1 is 1.08 bits per heavy atom. The Balaban J connectivity index is 3.00. The zero-order valence-corrected chi connectivity index (χ0v) is 6.02. The number of nitrogens with one attached hydrogen (secondary N) is 1. The first-order valence-corrected chi connectivity index (χ1v) is 3.22. The lowest BCUT2D eigenvalue weighted by Gasteiger charge is -2.05. The van der Waals surface area contributed by atoms with E-state index in [-0.39, 0.29) is 0 Å². The second-order valence-electron chi connectivity index (χ2n) is 2.26. The molecule has 1 aromatic rings. The molecule has 0 heterocycles. The van der Waals surface area contributed by atoms with Gasteiger partial charge in [0.15, 0.2) is 0 Å². The van der Waals surface area contributed by atoms with Gasteiger partial charge in [0.1, 0.15) is 0 Å². The molecule has 0 bridgehead atoms. The predicted molar refractivity (Wildman–Crippen MR) is 39.3 cm³/mol. The maximum absolute atomic E-state index is 12.0. The highest BCUT2D eigenvalue weighted by atomic mass is 19.4. The summed E-state index contributed by atoms with van der Waals surface area (Å²) in [4.78, 5) is 0. The van der Waals surface area contributed by atoms with Crippen LogP contribution in [-0.4, -0.2) is 6.21 Å². The normalized spacial score (nSPS) is 11.2. The maximum atomic E-state index is 12.0. The van der Waals surface area contributed by atoms with Gasteiger partial charge in [-0.25, -0.2) is 0 Å². The molecule has 0 amide bonds. The Bertz CT molecular complexity index is 273. The molecular weight excluding hydrogens is 167 g/mol. The standard InChI is InChI=1S/C8H6F3N/c9-8(10,11)7-3-1-6(5-12)2-4-7/h1-5,12H. The Kier molecular flexibility index (Phi) is 2.17. The molecule has 1 nitrogen and oxygen atoms in total. The number of rotatable bonds is 1. The highest BCUT2D eigenvalue weighted by Crippen LogP contribution is 2.28. The molecule has 0 spiro atoms. The molecule has 0 saturated heterocycles. The maximum Gasteiger partial charge on any atom is 0.416 e. The van der Waals surface area contributed by atoms with Gasteiger partial charge in [0.25, 0.3) is 0 Å². The van der Waals surface area contributed by atoms with E-state index < -0.39 is 11.7 Å². The number of halogens is 3. The second-order valence-corrected chi connectivity index (χ2v) is 2.26. The van der Waals surface area contributed by atoms with Gasteiger partial charge in [0.05, 0.1) is 5.56 Å². The molecule has 0 unspecified atom stereocenters. The van der Waals surface area contributed by atoms with Crippen LogP contribution in [-0.2, 0) is 6.18 Å². The fourth-order valence-corrected chi connectivity index (χ4v) is 0.768. The SMILES string of the molecule is N=Cc1ccc(C(F)(F)F)cc1. The first kappa shape index (κ1) is 8.77. The van der Waals surface area contributed by atoms with Crippen molar-refractivity contribution >= 4 is 6.21 Å². The minimum absolute atomic E-state index is 0.461. The molecule has 0 atom stereocenters. The van der Waals surface area contributed by atoms with Crippen molar-refractivity contribution in [3.63, 3.8) is 0 Å². The van der Waals surface area contributed by atoms with E-state index in [1.54, 1.807) is 0 Å². The summed E-state index contributed by atoms with van der Waals surface area (Å²) in [6.07, 6.45) is -3.29. The van der Waals surface area contributed by atoms with Crippen LogP contribution in [0.15, 0.2) is 24.3 Å². The lowest BCUT2D eigenvalue weighted by atomic mass is 10.1. The molecular formula is C8H6F3N. The molecule has 1 aromatic carbocycles. The van der Waals surface area contributed by atoms with Crippen LogP contribution in [0.25, 0.3) is 0 Å². The van der Waals surface area contributed by atoms with Gasteiger partial charge in [0, 0.05) is 6.21 Å². The number of alkyl halides is 3. The molecule has 0 aliphatic heterocycles. The molecule has 64 valence electrons. The summed E-state index contributed by atoms with van der Waals surface area (Å²) in [5.74, 6) is 0. The van der Waals surface area contributed by atoms with Crippen molar-refractivity contribution in [2.24, 2.45) is 0 Å². The van der Waals surface area contributed by atoms with Crippen molar-refractivity contribution in [1.29, 1.82) is 5.41 Å². The Morgan fingerprint density at radius 2 is 1.58 bits per heavy atom. The third-order valence-corrected chi connectivity index (χ3v) is 1.40. The van der Waals surface area contributed by atoms with Crippen molar-refractivity contribution in [1.82, 2.24) is 0 Å². The van der Waals surface area contributed by atoms with Gasteiger partial charge in [0.2, 0.25) is 0 Å². The van der Waals surface area contributed by atoms with Crippen molar-refractivity contribution in [3.05, 3.63) is 35.4 Å². The van der Waals surface area contributed by atoms with Gasteiger partial charge in [-0.1, -0.05) is 12.1 Å². The van der Waals surface area contributed by atoms with Crippen molar-refractivity contribution in [3.8, 4) is 0 Å². The van der Waals surface area contributed by atoms with E-state index in [1.165, 1.54) is 12.1 Å². The van der Waals surface area contributed by atoms with Crippen LogP contribution in [0.3, 0.4) is 0 Å². The van der Waals surface area contributed by atoms with Gasteiger partial charge in [-0.3, -0.25) is 0 Å². The molecule has 0 aromatic heterocycles. The molecule has 0 fully saturated rings. The van der Waals surface area contributed by atoms with Crippen LogP contribution < -0.4 is 0 Å². The van der Waals surface area contributed by atoms with Crippen LogP contribution in [0.1, 0.15) is 11.1 Å². The van der Waals surface area contributed by atoms with Crippen LogP contribution in [0.4, 0.5) is 13.2 Å². The summed E-state index contributed by atoms with van der Waals surface area (Å²) in [6.45, 7) is 0. The lowest BCUT2D eigenvalue weighted by Crippen LogP contribution is -2.04. The predicted octanol–water partition coefficient (Wildman–Crippen LogP) is 2.70. The summed E-state index contributed by atoms with van der Waals surface area (Å²) in [5, 5.41) is 6.76. The summed E-state index contributed by atoms with van der Waals surface area (Å²) < 4.78 is 35.9. The molecule has 0 aliphatic rings. The van der Waals surface area contributed by atoms with Crippen molar-refractivity contribution in [2.45, 2.75) is 6.18 Å². The molecule has 1 rings (SSSR count). The van der Waals surface area contributed by atoms with Gasteiger partial charge in [-0.2, -0.15) is 13.2 Å². The number of hydrogen-bond donors (Lipinski definition) is 1. The first-order valence-electron chi connectivity index (χ1n) is 3.22. The average molecular weight is 173 g/mol. The fourth-order valence-electron chi connectivity index (χ4n) is 0.768. The Labute approximate surface area is 67.3 Å². The summed E-state index contributed by atoms with van der Waals surface area (Å²) >= 11 is 0. The smallest absolute Gasteiger partial charge is 0.308 e. The summed E-state index contributed by atoms with van der Waals surface area (Å²) in [7, 11) is 0. The van der Waals surface area contributed by atoms with Crippen LogP contribution >= 0.6 is 0 Å². The number of benzene rings is 1. The quantitative estimate of drug-likeness (QED) is 0.631. The van der Waals surface area contributed by atoms with Gasteiger partial charge in [-0.05, 0) is 17.7 Å². The highest BCUT2D eigenvalue weighted by Gasteiger charge is 2.29. The largest absolute Gasteiger partial charge is 0.416 e. The van der Waals surface area contributed by atoms with Crippen molar-refractivity contribution < 1.29 is 13.2 Å². The molecule has 0 radical (unpaired) electrons. The monoisotopic (exact) mass is 173 g/mol. The summed E-state index contributed by atoms with van der Waals surface area (Å²) in [6, 6.07) is 4.44. The summed E-state index contributed by atoms with van der Waals surface area (Å²) in [5.41, 5.74) is -0.226. The van der Waals surface area contributed by atoms with Gasteiger partial charge in [-0.15, -0.1) is 0 Å². The average Bonchev–Trinajstić information content (AvgIpc) is 2.03. The van der Waals surface area contributed by atoms with Crippen molar-refractivity contribution in [2.75, 3.05) is 0 Å². The Hall–Kier alpha value is -1.32. The zero-order valence-electron chi connectivity index (χ0n) is 6.02. The zero-order chi connectivity index (χ0) is 9.19. The Morgan fingerprint density at radius 3 is 1.92 bits per heavy atom. The van der Waals surface area contributed by atoms with Gasteiger partial charge < -0.3 is 5.41 Å². The van der Waals surface area contributed by atoms with Crippen LogP contribution in [0, 0.1) is 5.41 Å². The fraction of sp³-hybridized carbons (Fsp3) is 0.125. The third-order valence-electron chi connectivity index (χ3n) is 1.40. The van der Waals surface area contributed by atoms with E-state index in [0.717, 1.165) is 18.3 Å². The second kappa shape index (κ2) is 2.97. The number of hydrogen-bond acceptors (Lipinski definition) is 1. The third kappa shape index (κ3) is 1.84. The molecule has 0 saturated carbocycles. The van der Waals surface area contributed by atoms with E-state index in [2.05, 4.69) is 0 Å². The lowest BCUT2D eigenvalue weighted by molar-refractivity contribution is -0.137. The minimum atomic E-state index is -4.29. The minimum Gasteiger partial charge on any atom is -0.308 e. The van der Waals surface area contributed by atoms with Crippen LogP contribution in [0.2, 0.25) is 0 Å². The van der Waals surface area contributed by atoms with E-state index in [1.807, 2.05) is 0 Å². The molecule has 12 heavy (non-hydrogen) atoms. The first-order chi connectivity index (χ1) is 5.54. The van der Waals surface area contributed by atoms with E-state index in [9.17, 15) is 13.2 Å². The topological polar surface area (TPSA) is 23.9 Å². The molecule has 1 N–H and O–H groups in total. The van der Waals surface area contributed by atoms with Gasteiger partial charge >= 0.3 is 6.18 Å². The van der Waals surface area contributed by atoms with E-state index in [4.69, 9.17) is 5.41 Å².